The van der Waals surface area contributed by atoms with E-state index < -0.39 is 0 Å². The quantitative estimate of drug-likeness (QED) is 0.665. The molecule has 0 atom stereocenters. The van der Waals surface area contributed by atoms with Gasteiger partial charge in [-0.15, -0.1) is 0 Å². The Labute approximate surface area is 125 Å². The fourth-order valence-corrected chi connectivity index (χ4v) is 1.59. The van der Waals surface area contributed by atoms with E-state index in [1.165, 1.54) is 0 Å². The van der Waals surface area contributed by atoms with Gasteiger partial charge < -0.3 is 20.1 Å². The predicted molar refractivity (Wildman–Crippen MR) is 80.5 cm³/mol. The third-order valence-corrected chi connectivity index (χ3v) is 2.45. The van der Waals surface area contributed by atoms with Gasteiger partial charge in [-0.2, -0.15) is 4.98 Å². The first kappa shape index (κ1) is 17.2. The SMILES string of the molecule is COCCNC(=O)CCNc1nc(C)cc(OC(C)C)n1. The lowest BCUT2D eigenvalue weighted by atomic mass is 10.4. The van der Waals surface area contributed by atoms with Crippen molar-refractivity contribution in [1.82, 2.24) is 15.3 Å². The van der Waals surface area contributed by atoms with Gasteiger partial charge >= 0.3 is 0 Å². The number of methoxy groups -OCH3 is 1. The average molecular weight is 296 g/mol. The largest absolute Gasteiger partial charge is 0.475 e. The molecule has 0 aliphatic rings. The summed E-state index contributed by atoms with van der Waals surface area (Å²) in [6.45, 7) is 7.24. The highest BCUT2D eigenvalue weighted by atomic mass is 16.5. The van der Waals surface area contributed by atoms with Crippen LogP contribution < -0.4 is 15.4 Å². The molecular formula is C14H24N4O3. The summed E-state index contributed by atoms with van der Waals surface area (Å²) in [5, 5.41) is 5.78. The second kappa shape index (κ2) is 9.12. The second-order valence-electron chi connectivity index (χ2n) is 4.86. The van der Waals surface area contributed by atoms with Gasteiger partial charge in [-0.3, -0.25) is 4.79 Å². The van der Waals surface area contributed by atoms with E-state index in [-0.39, 0.29) is 12.0 Å². The second-order valence-corrected chi connectivity index (χ2v) is 4.86. The van der Waals surface area contributed by atoms with Gasteiger partial charge in [0.2, 0.25) is 17.7 Å². The van der Waals surface area contributed by atoms with Crippen molar-refractivity contribution in [3.63, 3.8) is 0 Å². The number of hydrogen-bond acceptors (Lipinski definition) is 6. The topological polar surface area (TPSA) is 85.4 Å². The molecule has 0 saturated heterocycles. The molecule has 0 fully saturated rings. The highest BCUT2D eigenvalue weighted by Gasteiger charge is 2.06. The molecule has 0 radical (unpaired) electrons. The van der Waals surface area contributed by atoms with E-state index in [1.807, 2.05) is 20.8 Å². The molecule has 0 aliphatic carbocycles. The van der Waals surface area contributed by atoms with Crippen molar-refractivity contribution in [2.24, 2.45) is 0 Å². The van der Waals surface area contributed by atoms with E-state index in [1.54, 1.807) is 13.2 Å². The summed E-state index contributed by atoms with van der Waals surface area (Å²) in [4.78, 5) is 20.0. The lowest BCUT2D eigenvalue weighted by Gasteiger charge is -2.11. The fraction of sp³-hybridized carbons (Fsp3) is 0.643. The van der Waals surface area contributed by atoms with Gasteiger partial charge in [0.05, 0.1) is 12.7 Å². The van der Waals surface area contributed by atoms with Gasteiger partial charge in [0.15, 0.2) is 0 Å². The Hall–Kier alpha value is -1.89. The van der Waals surface area contributed by atoms with Crippen molar-refractivity contribution >= 4 is 11.9 Å². The summed E-state index contributed by atoms with van der Waals surface area (Å²) < 4.78 is 10.4. The van der Waals surface area contributed by atoms with Crippen LogP contribution in [0.3, 0.4) is 0 Å². The number of hydrogen-bond donors (Lipinski definition) is 2. The minimum absolute atomic E-state index is 0.0362. The van der Waals surface area contributed by atoms with E-state index in [0.29, 0.717) is 37.9 Å². The number of aryl methyl sites for hydroxylation is 1. The van der Waals surface area contributed by atoms with Crippen LogP contribution in [-0.2, 0) is 9.53 Å². The molecule has 0 aromatic carbocycles. The van der Waals surface area contributed by atoms with Crippen LogP contribution in [0.25, 0.3) is 0 Å². The number of anilines is 1. The molecule has 0 spiro atoms. The molecule has 1 amide bonds. The lowest BCUT2D eigenvalue weighted by Crippen LogP contribution is -2.28. The number of nitrogens with zero attached hydrogens (tertiary/aromatic N) is 2. The third kappa shape index (κ3) is 7.45. The Kier molecular flexibility index (Phi) is 7.45. The van der Waals surface area contributed by atoms with E-state index in [0.717, 1.165) is 5.69 Å². The van der Waals surface area contributed by atoms with Crippen molar-refractivity contribution in [2.45, 2.75) is 33.3 Å². The Balaban J connectivity index is 2.40. The first-order chi connectivity index (χ1) is 10.0. The number of carbonyl (C=O) groups is 1. The van der Waals surface area contributed by atoms with Crippen molar-refractivity contribution in [3.8, 4) is 5.88 Å². The molecule has 1 aromatic heterocycles. The summed E-state index contributed by atoms with van der Waals surface area (Å²) in [6.07, 6.45) is 0.403. The molecule has 1 heterocycles. The average Bonchev–Trinajstić information content (AvgIpc) is 2.37. The number of rotatable bonds is 9. The molecule has 2 N–H and O–H groups in total. The predicted octanol–water partition coefficient (Wildman–Crippen LogP) is 1.14. The lowest BCUT2D eigenvalue weighted by molar-refractivity contribution is -0.121. The van der Waals surface area contributed by atoms with Crippen molar-refractivity contribution < 1.29 is 14.3 Å². The minimum atomic E-state index is -0.0362. The highest BCUT2D eigenvalue weighted by Crippen LogP contribution is 2.13. The molecule has 7 nitrogen and oxygen atoms in total. The van der Waals surface area contributed by atoms with Crippen LogP contribution in [0.2, 0.25) is 0 Å². The zero-order chi connectivity index (χ0) is 15.7. The van der Waals surface area contributed by atoms with Gasteiger partial charge in [-0.05, 0) is 20.8 Å². The molecule has 118 valence electrons. The summed E-state index contributed by atoms with van der Waals surface area (Å²) in [6, 6.07) is 1.78. The van der Waals surface area contributed by atoms with E-state index in [9.17, 15) is 4.79 Å². The zero-order valence-electron chi connectivity index (χ0n) is 13.1. The van der Waals surface area contributed by atoms with Crippen LogP contribution in [0, 0.1) is 6.92 Å². The van der Waals surface area contributed by atoms with E-state index >= 15 is 0 Å². The summed E-state index contributed by atoms with van der Waals surface area (Å²) in [5.41, 5.74) is 0.813. The number of nitrogens with one attached hydrogen (secondary N) is 2. The van der Waals surface area contributed by atoms with Gasteiger partial charge in [-0.25, -0.2) is 4.98 Å². The molecule has 21 heavy (non-hydrogen) atoms. The normalized spacial score (nSPS) is 10.5. The zero-order valence-corrected chi connectivity index (χ0v) is 13.1. The number of ether oxygens (including phenoxy) is 2. The monoisotopic (exact) mass is 296 g/mol. The van der Waals surface area contributed by atoms with Gasteiger partial charge in [-0.1, -0.05) is 0 Å². The Morgan fingerprint density at radius 1 is 1.33 bits per heavy atom. The smallest absolute Gasteiger partial charge is 0.226 e. The highest BCUT2D eigenvalue weighted by molar-refractivity contribution is 5.76. The maximum atomic E-state index is 11.5. The Bertz CT molecular complexity index is 452. The van der Waals surface area contributed by atoms with Crippen LogP contribution in [0.5, 0.6) is 5.88 Å². The van der Waals surface area contributed by atoms with Crippen LogP contribution in [0.1, 0.15) is 26.0 Å². The molecule has 1 rings (SSSR count). The maximum Gasteiger partial charge on any atom is 0.226 e. The van der Waals surface area contributed by atoms with Crippen molar-refractivity contribution in [3.05, 3.63) is 11.8 Å². The summed E-state index contributed by atoms with van der Waals surface area (Å²) in [5.74, 6) is 0.964. The van der Waals surface area contributed by atoms with Crippen LogP contribution in [-0.4, -0.2) is 48.8 Å². The Morgan fingerprint density at radius 2 is 2.10 bits per heavy atom. The van der Waals surface area contributed by atoms with Crippen molar-refractivity contribution in [1.29, 1.82) is 0 Å². The van der Waals surface area contributed by atoms with Gasteiger partial charge in [0, 0.05) is 38.4 Å². The molecule has 0 bridgehead atoms. The number of carbonyl (C=O) groups excluding carboxylic acids is 1. The number of amides is 1. The molecular weight excluding hydrogens is 272 g/mol. The standard InChI is InChI=1S/C14H24N4O3/c1-10(2)21-13-9-11(3)17-14(18-13)16-6-5-12(19)15-7-8-20-4/h9-10H,5-8H2,1-4H3,(H,15,19)(H,16,17,18). The molecule has 0 aliphatic heterocycles. The maximum absolute atomic E-state index is 11.5. The van der Waals surface area contributed by atoms with Crippen LogP contribution >= 0.6 is 0 Å². The molecule has 0 saturated carbocycles. The van der Waals surface area contributed by atoms with E-state index in [4.69, 9.17) is 9.47 Å². The summed E-state index contributed by atoms with van der Waals surface area (Å²) >= 11 is 0. The molecule has 7 heteroatoms. The third-order valence-electron chi connectivity index (χ3n) is 2.45. The first-order valence-corrected chi connectivity index (χ1v) is 7.03. The van der Waals surface area contributed by atoms with Crippen molar-refractivity contribution in [2.75, 3.05) is 32.1 Å². The summed E-state index contributed by atoms with van der Waals surface area (Å²) in [7, 11) is 1.60. The van der Waals surface area contributed by atoms with Crippen LogP contribution in [0.4, 0.5) is 5.95 Å². The Morgan fingerprint density at radius 3 is 2.76 bits per heavy atom. The van der Waals surface area contributed by atoms with Crippen LogP contribution in [0.15, 0.2) is 6.07 Å². The minimum Gasteiger partial charge on any atom is -0.475 e. The number of aromatic nitrogens is 2. The molecule has 0 unspecified atom stereocenters. The first-order valence-electron chi connectivity index (χ1n) is 7.03. The van der Waals surface area contributed by atoms with E-state index in [2.05, 4.69) is 20.6 Å². The fourth-order valence-electron chi connectivity index (χ4n) is 1.59. The van der Waals surface area contributed by atoms with Gasteiger partial charge in [0.1, 0.15) is 0 Å². The van der Waals surface area contributed by atoms with Gasteiger partial charge in [0.25, 0.3) is 0 Å². The molecule has 1 aromatic rings.